The standard InChI is InChI=1S/C9H14FN3/c1-6(10)8-12-5-7(13(8)2)9(11)3-4-9/h5-6H,3-4,11H2,1-2H3. The fourth-order valence-electron chi connectivity index (χ4n) is 1.65. The van der Waals surface area contributed by atoms with Gasteiger partial charge in [-0.1, -0.05) is 0 Å². The van der Waals surface area contributed by atoms with E-state index in [1.54, 1.807) is 10.8 Å². The Morgan fingerprint density at radius 2 is 2.31 bits per heavy atom. The molecule has 0 saturated heterocycles. The molecular weight excluding hydrogens is 169 g/mol. The van der Waals surface area contributed by atoms with Crippen LogP contribution in [-0.4, -0.2) is 9.55 Å². The zero-order valence-electron chi connectivity index (χ0n) is 7.92. The fraction of sp³-hybridized carbons (Fsp3) is 0.667. The summed E-state index contributed by atoms with van der Waals surface area (Å²) in [5.74, 6) is 0.465. The van der Waals surface area contributed by atoms with Gasteiger partial charge in [-0.2, -0.15) is 0 Å². The van der Waals surface area contributed by atoms with Gasteiger partial charge in [-0.25, -0.2) is 9.37 Å². The summed E-state index contributed by atoms with van der Waals surface area (Å²) in [7, 11) is 1.82. The first-order chi connectivity index (χ1) is 6.04. The molecule has 0 radical (unpaired) electrons. The number of imidazole rings is 1. The Bertz CT molecular complexity index is 326. The summed E-state index contributed by atoms with van der Waals surface area (Å²) in [5.41, 5.74) is 6.72. The quantitative estimate of drug-likeness (QED) is 0.753. The van der Waals surface area contributed by atoms with Crippen molar-refractivity contribution in [1.82, 2.24) is 9.55 Å². The maximum Gasteiger partial charge on any atom is 0.155 e. The Hall–Kier alpha value is -0.900. The van der Waals surface area contributed by atoms with Gasteiger partial charge in [-0.05, 0) is 19.8 Å². The van der Waals surface area contributed by atoms with E-state index in [0.717, 1.165) is 18.5 Å². The van der Waals surface area contributed by atoms with Crippen molar-refractivity contribution >= 4 is 0 Å². The van der Waals surface area contributed by atoms with Gasteiger partial charge >= 0.3 is 0 Å². The second-order valence-electron chi connectivity index (χ2n) is 3.83. The highest BCUT2D eigenvalue weighted by atomic mass is 19.1. The number of nitrogens with two attached hydrogens (primary N) is 1. The van der Waals surface area contributed by atoms with Crippen molar-refractivity contribution in [2.75, 3.05) is 0 Å². The first kappa shape index (κ1) is 8.69. The van der Waals surface area contributed by atoms with Gasteiger partial charge in [0.25, 0.3) is 0 Å². The van der Waals surface area contributed by atoms with Gasteiger partial charge in [-0.15, -0.1) is 0 Å². The monoisotopic (exact) mass is 183 g/mol. The third-order valence-corrected chi connectivity index (χ3v) is 2.68. The molecule has 13 heavy (non-hydrogen) atoms. The van der Waals surface area contributed by atoms with Crippen molar-refractivity contribution in [2.24, 2.45) is 12.8 Å². The van der Waals surface area contributed by atoms with Crippen LogP contribution in [0.15, 0.2) is 6.20 Å². The average molecular weight is 183 g/mol. The number of rotatable bonds is 2. The van der Waals surface area contributed by atoms with Crippen LogP contribution >= 0.6 is 0 Å². The smallest absolute Gasteiger partial charge is 0.155 e. The normalized spacial score (nSPS) is 21.5. The molecule has 2 N–H and O–H groups in total. The van der Waals surface area contributed by atoms with Crippen LogP contribution in [0, 0.1) is 0 Å². The third-order valence-electron chi connectivity index (χ3n) is 2.68. The van der Waals surface area contributed by atoms with Gasteiger partial charge in [0.1, 0.15) is 5.82 Å². The van der Waals surface area contributed by atoms with Crippen molar-refractivity contribution in [3.05, 3.63) is 17.7 Å². The Balaban J connectivity index is 2.39. The third kappa shape index (κ3) is 1.25. The lowest BCUT2D eigenvalue weighted by Gasteiger charge is -2.11. The molecular formula is C9H14FN3. The van der Waals surface area contributed by atoms with Crippen molar-refractivity contribution in [1.29, 1.82) is 0 Å². The van der Waals surface area contributed by atoms with Gasteiger partial charge in [0.15, 0.2) is 6.17 Å². The van der Waals surface area contributed by atoms with E-state index in [0.29, 0.717) is 5.82 Å². The second-order valence-corrected chi connectivity index (χ2v) is 3.83. The van der Waals surface area contributed by atoms with Crippen molar-refractivity contribution in [3.63, 3.8) is 0 Å². The van der Waals surface area contributed by atoms with Crippen LogP contribution in [0.4, 0.5) is 4.39 Å². The molecule has 0 bridgehead atoms. The highest BCUT2D eigenvalue weighted by Gasteiger charge is 2.43. The molecule has 1 aliphatic carbocycles. The lowest BCUT2D eigenvalue weighted by Crippen LogP contribution is -2.22. The van der Waals surface area contributed by atoms with Crippen LogP contribution < -0.4 is 5.73 Å². The van der Waals surface area contributed by atoms with E-state index in [-0.39, 0.29) is 5.54 Å². The predicted octanol–water partition coefficient (Wildman–Crippen LogP) is 1.40. The molecule has 0 aliphatic heterocycles. The molecule has 1 aromatic rings. The van der Waals surface area contributed by atoms with Gasteiger partial charge in [0.05, 0.1) is 17.4 Å². The van der Waals surface area contributed by atoms with E-state index in [4.69, 9.17) is 5.73 Å². The number of aromatic nitrogens is 2. The molecule has 1 aliphatic rings. The van der Waals surface area contributed by atoms with Crippen LogP contribution in [0.25, 0.3) is 0 Å². The summed E-state index contributed by atoms with van der Waals surface area (Å²) >= 11 is 0. The summed E-state index contributed by atoms with van der Waals surface area (Å²) < 4.78 is 14.8. The number of hydrogen-bond donors (Lipinski definition) is 1. The zero-order valence-corrected chi connectivity index (χ0v) is 7.92. The Labute approximate surface area is 76.8 Å². The molecule has 1 unspecified atom stereocenters. The highest BCUT2D eigenvalue weighted by Crippen LogP contribution is 2.42. The molecule has 1 saturated carbocycles. The summed E-state index contributed by atoms with van der Waals surface area (Å²) in [6.07, 6.45) is 2.62. The lowest BCUT2D eigenvalue weighted by atomic mass is 10.2. The van der Waals surface area contributed by atoms with Gasteiger partial charge < -0.3 is 10.3 Å². The minimum Gasteiger partial charge on any atom is -0.331 e. The molecule has 0 amide bonds. The van der Waals surface area contributed by atoms with Crippen molar-refractivity contribution in [2.45, 2.75) is 31.5 Å². The van der Waals surface area contributed by atoms with Gasteiger partial charge in [0.2, 0.25) is 0 Å². The van der Waals surface area contributed by atoms with E-state index in [1.165, 1.54) is 6.92 Å². The number of halogens is 1. The lowest BCUT2D eigenvalue weighted by molar-refractivity contribution is 0.347. The first-order valence-corrected chi connectivity index (χ1v) is 4.49. The highest BCUT2D eigenvalue weighted by molar-refractivity contribution is 5.23. The molecule has 1 heterocycles. The number of hydrogen-bond acceptors (Lipinski definition) is 2. The first-order valence-electron chi connectivity index (χ1n) is 4.49. The molecule has 1 fully saturated rings. The van der Waals surface area contributed by atoms with Gasteiger partial charge in [0, 0.05) is 7.05 Å². The van der Waals surface area contributed by atoms with Crippen LogP contribution in [0.3, 0.4) is 0 Å². The van der Waals surface area contributed by atoms with Crippen LogP contribution in [-0.2, 0) is 12.6 Å². The molecule has 2 rings (SSSR count). The van der Waals surface area contributed by atoms with E-state index >= 15 is 0 Å². The molecule has 0 aromatic carbocycles. The van der Waals surface area contributed by atoms with Crippen molar-refractivity contribution in [3.8, 4) is 0 Å². The topological polar surface area (TPSA) is 43.8 Å². The maximum absolute atomic E-state index is 13.0. The molecule has 0 spiro atoms. The van der Waals surface area contributed by atoms with E-state index in [1.807, 2.05) is 7.05 Å². The Kier molecular flexibility index (Phi) is 1.70. The zero-order chi connectivity index (χ0) is 9.64. The molecule has 1 atom stereocenters. The van der Waals surface area contributed by atoms with Crippen LogP contribution in [0.2, 0.25) is 0 Å². The summed E-state index contributed by atoms with van der Waals surface area (Å²) in [6.45, 7) is 1.49. The van der Waals surface area contributed by atoms with Gasteiger partial charge in [-0.3, -0.25) is 0 Å². The predicted molar refractivity (Wildman–Crippen MR) is 47.8 cm³/mol. The molecule has 1 aromatic heterocycles. The average Bonchev–Trinajstić information content (AvgIpc) is 2.63. The summed E-state index contributed by atoms with van der Waals surface area (Å²) in [4.78, 5) is 4.03. The maximum atomic E-state index is 13.0. The second kappa shape index (κ2) is 2.54. The SMILES string of the molecule is CC(F)c1ncc(C2(N)CC2)n1C. The number of alkyl halides is 1. The Morgan fingerprint density at radius 3 is 2.69 bits per heavy atom. The fourth-order valence-corrected chi connectivity index (χ4v) is 1.65. The largest absolute Gasteiger partial charge is 0.331 e. The van der Waals surface area contributed by atoms with E-state index in [2.05, 4.69) is 4.98 Å². The molecule has 72 valence electrons. The minimum absolute atomic E-state index is 0.227. The Morgan fingerprint density at radius 1 is 1.69 bits per heavy atom. The van der Waals surface area contributed by atoms with Crippen molar-refractivity contribution < 1.29 is 4.39 Å². The van der Waals surface area contributed by atoms with E-state index in [9.17, 15) is 4.39 Å². The minimum atomic E-state index is -1.03. The molecule has 3 nitrogen and oxygen atoms in total. The number of nitrogens with zero attached hydrogens (tertiary/aromatic N) is 2. The van der Waals surface area contributed by atoms with Crippen LogP contribution in [0.5, 0.6) is 0 Å². The summed E-state index contributed by atoms with van der Waals surface area (Å²) in [6, 6.07) is 0. The van der Waals surface area contributed by atoms with E-state index < -0.39 is 6.17 Å². The van der Waals surface area contributed by atoms with Crippen LogP contribution in [0.1, 0.15) is 37.5 Å². The summed E-state index contributed by atoms with van der Waals surface area (Å²) in [5, 5.41) is 0. The molecule has 4 heteroatoms.